The molecule has 1 unspecified atom stereocenters. The summed E-state index contributed by atoms with van der Waals surface area (Å²) in [5.74, 6) is -0.371. The fourth-order valence-corrected chi connectivity index (χ4v) is 1.56. The summed E-state index contributed by atoms with van der Waals surface area (Å²) in [7, 11) is 0. The van der Waals surface area contributed by atoms with E-state index in [1.165, 1.54) is 0 Å². The van der Waals surface area contributed by atoms with Crippen LogP contribution in [0.4, 0.5) is 5.69 Å². The van der Waals surface area contributed by atoms with Crippen molar-refractivity contribution >= 4 is 33.4 Å². The summed E-state index contributed by atoms with van der Waals surface area (Å²) in [5.41, 5.74) is 0.990. The van der Waals surface area contributed by atoms with Gasteiger partial charge >= 0.3 is 0 Å². The molecule has 20 heavy (non-hydrogen) atoms. The van der Waals surface area contributed by atoms with Gasteiger partial charge < -0.3 is 10.6 Å². The summed E-state index contributed by atoms with van der Waals surface area (Å²) in [6.45, 7) is 7.46. The van der Waals surface area contributed by atoms with Gasteiger partial charge in [-0.05, 0) is 39.3 Å². The number of carbonyl (C=O) groups is 2. The van der Waals surface area contributed by atoms with Crippen LogP contribution in [0.3, 0.4) is 0 Å². The number of alkyl halides is 1. The maximum Gasteiger partial charge on any atom is 0.253 e. The van der Waals surface area contributed by atoms with E-state index in [1.54, 1.807) is 38.1 Å². The zero-order valence-corrected chi connectivity index (χ0v) is 13.9. The molecule has 0 saturated carbocycles. The Balaban J connectivity index is 2.94. The average Bonchev–Trinajstić information content (AvgIpc) is 2.37. The van der Waals surface area contributed by atoms with Crippen LogP contribution >= 0.6 is 15.9 Å². The minimum absolute atomic E-state index is 0.0962. The first kappa shape index (κ1) is 16.7. The van der Waals surface area contributed by atoms with Crippen molar-refractivity contribution in [2.45, 2.75) is 44.5 Å². The van der Waals surface area contributed by atoms with E-state index < -0.39 is 4.32 Å². The molecule has 1 atom stereocenters. The molecular weight excluding hydrogens is 320 g/mol. The van der Waals surface area contributed by atoms with Crippen molar-refractivity contribution in [3.63, 3.8) is 0 Å². The van der Waals surface area contributed by atoms with Crippen molar-refractivity contribution in [1.29, 1.82) is 0 Å². The Bertz CT molecular complexity index is 495. The van der Waals surface area contributed by atoms with Crippen LogP contribution in [0.5, 0.6) is 0 Å². The van der Waals surface area contributed by atoms with Crippen LogP contribution in [0.15, 0.2) is 24.3 Å². The molecular formula is C15H21BrN2O2. The number of anilines is 1. The summed E-state index contributed by atoms with van der Waals surface area (Å²) in [5, 5.41) is 5.67. The third kappa shape index (κ3) is 4.63. The van der Waals surface area contributed by atoms with Gasteiger partial charge in [0.2, 0.25) is 5.91 Å². The van der Waals surface area contributed by atoms with Crippen molar-refractivity contribution in [3.05, 3.63) is 29.8 Å². The summed E-state index contributed by atoms with van der Waals surface area (Å²) >= 11 is 3.30. The molecule has 1 aromatic rings. The molecule has 1 rings (SSSR count). The lowest BCUT2D eigenvalue weighted by molar-refractivity contribution is -0.117. The van der Waals surface area contributed by atoms with Crippen LogP contribution in [0.25, 0.3) is 0 Å². The van der Waals surface area contributed by atoms with E-state index in [-0.39, 0.29) is 17.9 Å². The molecule has 5 heteroatoms. The van der Waals surface area contributed by atoms with Gasteiger partial charge in [-0.15, -0.1) is 0 Å². The molecule has 0 fully saturated rings. The second kappa shape index (κ2) is 6.88. The predicted molar refractivity (Wildman–Crippen MR) is 85.3 cm³/mol. The van der Waals surface area contributed by atoms with E-state index >= 15 is 0 Å². The van der Waals surface area contributed by atoms with Gasteiger partial charge in [-0.2, -0.15) is 0 Å². The topological polar surface area (TPSA) is 58.2 Å². The quantitative estimate of drug-likeness (QED) is 0.807. The van der Waals surface area contributed by atoms with Gasteiger partial charge in [-0.3, -0.25) is 9.59 Å². The SMILES string of the molecule is CCC(C)NC(=O)c1ccccc1NC(=O)C(C)(C)Br. The number of carbonyl (C=O) groups excluding carboxylic acids is 2. The highest BCUT2D eigenvalue weighted by atomic mass is 79.9. The fourth-order valence-electron chi connectivity index (χ4n) is 1.46. The fraction of sp³-hybridized carbons (Fsp3) is 0.467. The predicted octanol–water partition coefficient (Wildman–Crippen LogP) is 3.33. The molecule has 0 spiro atoms. The van der Waals surface area contributed by atoms with E-state index in [1.807, 2.05) is 13.8 Å². The third-order valence-electron chi connectivity index (χ3n) is 2.95. The number of hydrogen-bond acceptors (Lipinski definition) is 2. The van der Waals surface area contributed by atoms with Crippen LogP contribution < -0.4 is 10.6 Å². The number of benzene rings is 1. The molecule has 0 radical (unpaired) electrons. The van der Waals surface area contributed by atoms with Gasteiger partial charge in [-0.1, -0.05) is 35.0 Å². The summed E-state index contributed by atoms with van der Waals surface area (Å²) in [4.78, 5) is 24.2. The Hall–Kier alpha value is -1.36. The molecule has 1 aromatic carbocycles. The van der Waals surface area contributed by atoms with Crippen molar-refractivity contribution in [2.24, 2.45) is 0 Å². The number of para-hydroxylation sites is 1. The average molecular weight is 341 g/mol. The lowest BCUT2D eigenvalue weighted by Crippen LogP contribution is -2.34. The second-order valence-corrected chi connectivity index (χ2v) is 7.24. The Labute approximate surface area is 128 Å². The van der Waals surface area contributed by atoms with Crippen molar-refractivity contribution in [3.8, 4) is 0 Å². The van der Waals surface area contributed by atoms with Crippen LogP contribution in [0.2, 0.25) is 0 Å². The minimum atomic E-state index is -0.687. The van der Waals surface area contributed by atoms with Crippen LogP contribution in [-0.4, -0.2) is 22.2 Å². The number of hydrogen-bond donors (Lipinski definition) is 2. The highest BCUT2D eigenvalue weighted by molar-refractivity contribution is 9.10. The van der Waals surface area contributed by atoms with Crippen molar-refractivity contribution < 1.29 is 9.59 Å². The van der Waals surface area contributed by atoms with Gasteiger partial charge in [0.05, 0.1) is 15.6 Å². The number of halogens is 1. The summed E-state index contributed by atoms with van der Waals surface area (Å²) in [6.07, 6.45) is 0.856. The molecule has 0 bridgehead atoms. The number of nitrogens with one attached hydrogen (secondary N) is 2. The van der Waals surface area contributed by atoms with Gasteiger partial charge in [0.25, 0.3) is 5.91 Å². The van der Waals surface area contributed by atoms with E-state index in [2.05, 4.69) is 26.6 Å². The Morgan fingerprint density at radius 1 is 1.30 bits per heavy atom. The zero-order valence-electron chi connectivity index (χ0n) is 12.3. The van der Waals surface area contributed by atoms with Crippen LogP contribution in [-0.2, 0) is 4.79 Å². The molecule has 0 aromatic heterocycles. The molecule has 0 aliphatic carbocycles. The normalized spacial score (nSPS) is 12.7. The molecule has 2 N–H and O–H groups in total. The van der Waals surface area contributed by atoms with Gasteiger partial charge in [-0.25, -0.2) is 0 Å². The third-order valence-corrected chi connectivity index (χ3v) is 3.31. The van der Waals surface area contributed by atoms with Crippen molar-refractivity contribution in [1.82, 2.24) is 5.32 Å². The molecule has 0 saturated heterocycles. The van der Waals surface area contributed by atoms with Gasteiger partial charge in [0, 0.05) is 6.04 Å². The van der Waals surface area contributed by atoms with Crippen LogP contribution in [0, 0.1) is 0 Å². The van der Waals surface area contributed by atoms with Crippen LogP contribution in [0.1, 0.15) is 44.5 Å². The molecule has 4 nitrogen and oxygen atoms in total. The lowest BCUT2D eigenvalue weighted by atomic mass is 10.1. The molecule has 110 valence electrons. The first-order chi connectivity index (χ1) is 9.25. The minimum Gasteiger partial charge on any atom is -0.350 e. The van der Waals surface area contributed by atoms with E-state index in [0.717, 1.165) is 6.42 Å². The smallest absolute Gasteiger partial charge is 0.253 e. The maximum absolute atomic E-state index is 12.2. The Morgan fingerprint density at radius 3 is 2.45 bits per heavy atom. The summed E-state index contributed by atoms with van der Waals surface area (Å²) in [6, 6.07) is 7.09. The Kier molecular flexibility index (Phi) is 5.74. The lowest BCUT2D eigenvalue weighted by Gasteiger charge is -2.18. The molecule has 0 aliphatic heterocycles. The largest absolute Gasteiger partial charge is 0.350 e. The Morgan fingerprint density at radius 2 is 1.90 bits per heavy atom. The van der Waals surface area contributed by atoms with E-state index in [4.69, 9.17) is 0 Å². The molecule has 2 amide bonds. The first-order valence-corrected chi connectivity index (χ1v) is 7.45. The standard InChI is InChI=1S/C15H21BrN2O2/c1-5-10(2)17-13(19)11-8-6-7-9-12(11)18-14(20)15(3,4)16/h6-10H,5H2,1-4H3,(H,17,19)(H,18,20). The summed E-state index contributed by atoms with van der Waals surface area (Å²) < 4.78 is -0.687. The second-order valence-electron chi connectivity index (χ2n) is 5.25. The highest BCUT2D eigenvalue weighted by Gasteiger charge is 2.25. The molecule has 0 heterocycles. The van der Waals surface area contributed by atoms with E-state index in [0.29, 0.717) is 11.3 Å². The first-order valence-electron chi connectivity index (χ1n) is 6.66. The van der Waals surface area contributed by atoms with Gasteiger partial charge in [0.15, 0.2) is 0 Å². The molecule has 0 aliphatic rings. The monoisotopic (exact) mass is 340 g/mol. The zero-order chi connectivity index (χ0) is 15.3. The number of amides is 2. The van der Waals surface area contributed by atoms with Crippen molar-refractivity contribution in [2.75, 3.05) is 5.32 Å². The van der Waals surface area contributed by atoms with E-state index in [9.17, 15) is 9.59 Å². The number of rotatable bonds is 5. The maximum atomic E-state index is 12.2. The van der Waals surface area contributed by atoms with Gasteiger partial charge in [0.1, 0.15) is 0 Å². The highest BCUT2D eigenvalue weighted by Crippen LogP contribution is 2.21.